The second-order valence-electron chi connectivity index (χ2n) is 2.76. The number of hydrogen-bond acceptors (Lipinski definition) is 1. The van der Waals surface area contributed by atoms with E-state index in [-0.39, 0.29) is 6.54 Å². The van der Waals surface area contributed by atoms with Gasteiger partial charge in [0, 0.05) is 10.0 Å². The molecule has 0 saturated carbocycles. The number of nitrogens with zero attached hydrogens (tertiary/aromatic N) is 2. The Labute approximate surface area is 98.2 Å². The fourth-order valence-corrected chi connectivity index (χ4v) is 1.47. The van der Waals surface area contributed by atoms with Crippen LogP contribution in [0.5, 0.6) is 0 Å². The third-order valence-electron chi connectivity index (χ3n) is 1.69. The number of benzene rings is 1. The second kappa shape index (κ2) is 5.41. The lowest BCUT2D eigenvalue weighted by molar-refractivity contribution is 1.39. The van der Waals surface area contributed by atoms with Crippen molar-refractivity contribution in [2.45, 2.75) is 0 Å². The maximum atomic E-state index is 8.73. The molecule has 2 nitrogen and oxygen atoms in total. The van der Waals surface area contributed by atoms with Gasteiger partial charge in [-0.25, -0.2) is 6.57 Å². The molecular formula is C11H6Cl2N2. The lowest BCUT2D eigenvalue weighted by Gasteiger charge is -1.98. The third kappa shape index (κ3) is 3.29. The third-order valence-corrected chi connectivity index (χ3v) is 2.25. The fourth-order valence-electron chi connectivity index (χ4n) is 1.00. The second-order valence-corrected chi connectivity index (χ2v) is 3.61. The van der Waals surface area contributed by atoms with Gasteiger partial charge >= 0.3 is 0 Å². The highest BCUT2D eigenvalue weighted by molar-refractivity contribution is 6.35. The van der Waals surface area contributed by atoms with E-state index in [2.05, 4.69) is 4.85 Å². The van der Waals surface area contributed by atoms with Gasteiger partial charge in [0.2, 0.25) is 6.54 Å². The first-order valence-electron chi connectivity index (χ1n) is 4.06. The van der Waals surface area contributed by atoms with Gasteiger partial charge in [0.15, 0.2) is 0 Å². The Kier molecular flexibility index (Phi) is 4.18. The van der Waals surface area contributed by atoms with Gasteiger partial charge in [-0.05, 0) is 23.8 Å². The lowest BCUT2D eigenvalue weighted by Crippen LogP contribution is -1.83. The van der Waals surface area contributed by atoms with E-state index in [0.717, 1.165) is 0 Å². The zero-order valence-corrected chi connectivity index (χ0v) is 9.18. The highest BCUT2D eigenvalue weighted by Crippen LogP contribution is 2.23. The molecule has 0 N–H and O–H groups in total. The molecule has 1 rings (SSSR count). The Morgan fingerprint density at radius 3 is 2.80 bits per heavy atom. The summed E-state index contributed by atoms with van der Waals surface area (Å²) >= 11 is 11.6. The van der Waals surface area contributed by atoms with Crippen molar-refractivity contribution in [3.8, 4) is 6.07 Å². The molecule has 74 valence electrons. The van der Waals surface area contributed by atoms with Gasteiger partial charge in [0.25, 0.3) is 0 Å². The molecule has 1 aromatic rings. The summed E-state index contributed by atoms with van der Waals surface area (Å²) in [7, 11) is 0. The standard InChI is InChI=1S/C11H6Cl2N2/c1-15-7-8(6-14)4-9-2-3-10(12)5-11(9)13/h2-5H,7H2/b8-4+. The first-order valence-corrected chi connectivity index (χ1v) is 4.82. The molecule has 0 aliphatic rings. The van der Waals surface area contributed by atoms with Gasteiger partial charge in [-0.15, -0.1) is 0 Å². The van der Waals surface area contributed by atoms with E-state index < -0.39 is 0 Å². The maximum Gasteiger partial charge on any atom is 0.249 e. The quantitative estimate of drug-likeness (QED) is 0.567. The van der Waals surface area contributed by atoms with E-state index in [1.165, 1.54) is 0 Å². The van der Waals surface area contributed by atoms with E-state index in [4.69, 9.17) is 35.0 Å². The molecule has 0 aromatic heterocycles. The molecule has 0 radical (unpaired) electrons. The lowest BCUT2D eigenvalue weighted by atomic mass is 10.1. The van der Waals surface area contributed by atoms with Gasteiger partial charge in [-0.2, -0.15) is 5.26 Å². The minimum atomic E-state index is 0.0649. The summed E-state index contributed by atoms with van der Waals surface area (Å²) in [6, 6.07) is 6.95. The van der Waals surface area contributed by atoms with Crippen LogP contribution in [-0.4, -0.2) is 6.54 Å². The molecule has 0 aliphatic heterocycles. The molecule has 0 amide bonds. The molecule has 0 spiro atoms. The Hall–Kier alpha value is -1.48. The highest BCUT2D eigenvalue weighted by atomic mass is 35.5. The number of rotatable bonds is 2. The van der Waals surface area contributed by atoms with Crippen LogP contribution in [-0.2, 0) is 0 Å². The van der Waals surface area contributed by atoms with Crippen LogP contribution in [0.2, 0.25) is 10.0 Å². The van der Waals surface area contributed by atoms with Crippen molar-refractivity contribution in [2.24, 2.45) is 0 Å². The van der Waals surface area contributed by atoms with E-state index in [1.807, 2.05) is 6.07 Å². The molecule has 0 aliphatic carbocycles. The van der Waals surface area contributed by atoms with Crippen LogP contribution in [0.1, 0.15) is 5.56 Å². The predicted octanol–water partition coefficient (Wildman–Crippen LogP) is 3.82. The summed E-state index contributed by atoms with van der Waals surface area (Å²) in [5.41, 5.74) is 1.08. The minimum Gasteiger partial charge on any atom is -0.311 e. The smallest absolute Gasteiger partial charge is 0.249 e. The van der Waals surface area contributed by atoms with Crippen LogP contribution in [0.25, 0.3) is 10.9 Å². The van der Waals surface area contributed by atoms with Crippen LogP contribution in [0.15, 0.2) is 23.8 Å². The zero-order chi connectivity index (χ0) is 11.3. The van der Waals surface area contributed by atoms with Crippen molar-refractivity contribution < 1.29 is 0 Å². The molecule has 0 unspecified atom stereocenters. The van der Waals surface area contributed by atoms with Crippen LogP contribution in [0.4, 0.5) is 0 Å². The van der Waals surface area contributed by atoms with Crippen molar-refractivity contribution in [1.29, 1.82) is 5.26 Å². The number of hydrogen-bond donors (Lipinski definition) is 0. The van der Waals surface area contributed by atoms with Crippen LogP contribution in [0.3, 0.4) is 0 Å². The Balaban J connectivity index is 3.08. The number of nitriles is 1. The van der Waals surface area contributed by atoms with Crippen molar-refractivity contribution in [3.63, 3.8) is 0 Å². The van der Waals surface area contributed by atoms with Gasteiger partial charge in [0.1, 0.15) is 11.6 Å². The van der Waals surface area contributed by atoms with Crippen molar-refractivity contribution in [3.05, 3.63) is 50.8 Å². The summed E-state index contributed by atoms with van der Waals surface area (Å²) in [6.07, 6.45) is 1.59. The highest BCUT2D eigenvalue weighted by Gasteiger charge is 2.02. The molecule has 1 aromatic carbocycles. The van der Waals surface area contributed by atoms with Crippen LogP contribution < -0.4 is 0 Å². The molecule has 0 heterocycles. The average molecular weight is 237 g/mol. The largest absolute Gasteiger partial charge is 0.311 e. The molecule has 0 saturated heterocycles. The van der Waals surface area contributed by atoms with Crippen LogP contribution >= 0.6 is 23.2 Å². The minimum absolute atomic E-state index is 0.0649. The average Bonchev–Trinajstić information content (AvgIpc) is 2.21. The molecule has 4 heteroatoms. The summed E-state index contributed by atoms with van der Waals surface area (Å²) < 4.78 is 0. The first-order chi connectivity index (χ1) is 7.17. The van der Waals surface area contributed by atoms with Gasteiger partial charge in [0.05, 0.1) is 0 Å². The van der Waals surface area contributed by atoms with Crippen molar-refractivity contribution in [2.75, 3.05) is 6.54 Å². The molecular weight excluding hydrogens is 231 g/mol. The van der Waals surface area contributed by atoms with Crippen molar-refractivity contribution >= 4 is 29.3 Å². The normalized spacial score (nSPS) is 10.5. The summed E-state index contributed by atoms with van der Waals surface area (Å²) in [5, 5.41) is 9.75. The molecule has 0 fully saturated rings. The Morgan fingerprint density at radius 2 is 2.27 bits per heavy atom. The monoisotopic (exact) mass is 236 g/mol. The summed E-state index contributed by atoms with van der Waals surface area (Å²) in [6.45, 7) is 6.73. The predicted molar refractivity (Wildman–Crippen MR) is 61.5 cm³/mol. The molecule has 0 atom stereocenters. The zero-order valence-electron chi connectivity index (χ0n) is 7.67. The number of halogens is 2. The van der Waals surface area contributed by atoms with E-state index in [9.17, 15) is 0 Å². The first kappa shape index (κ1) is 11.6. The van der Waals surface area contributed by atoms with Crippen LogP contribution in [0, 0.1) is 17.9 Å². The SMILES string of the molecule is [C-]#[N+]C/C(C#N)=C/c1ccc(Cl)cc1Cl. The van der Waals surface area contributed by atoms with E-state index in [0.29, 0.717) is 21.2 Å². The van der Waals surface area contributed by atoms with E-state index >= 15 is 0 Å². The fraction of sp³-hybridized carbons (Fsp3) is 0.0909. The topological polar surface area (TPSA) is 28.1 Å². The summed E-state index contributed by atoms with van der Waals surface area (Å²) in [4.78, 5) is 3.14. The summed E-state index contributed by atoms with van der Waals surface area (Å²) in [5.74, 6) is 0. The van der Waals surface area contributed by atoms with Crippen molar-refractivity contribution in [1.82, 2.24) is 0 Å². The van der Waals surface area contributed by atoms with Gasteiger partial charge in [-0.3, -0.25) is 0 Å². The van der Waals surface area contributed by atoms with Gasteiger partial charge in [-0.1, -0.05) is 29.3 Å². The molecule has 0 bridgehead atoms. The molecule has 15 heavy (non-hydrogen) atoms. The maximum absolute atomic E-state index is 8.73. The Morgan fingerprint density at radius 1 is 1.53 bits per heavy atom. The Bertz CT molecular complexity index is 478. The van der Waals surface area contributed by atoms with Gasteiger partial charge < -0.3 is 4.85 Å². The van der Waals surface area contributed by atoms with E-state index in [1.54, 1.807) is 24.3 Å².